The molecule has 5 nitrogen and oxygen atoms in total. The van der Waals surface area contributed by atoms with Crippen LogP contribution in [0.3, 0.4) is 0 Å². The molecule has 0 radical (unpaired) electrons. The maximum Gasteiger partial charge on any atom is 0.327 e. The van der Waals surface area contributed by atoms with Gasteiger partial charge in [0.05, 0.1) is 11.7 Å². The van der Waals surface area contributed by atoms with Gasteiger partial charge in [0.1, 0.15) is 6.04 Å². The van der Waals surface area contributed by atoms with Crippen LogP contribution in [-0.2, 0) is 14.3 Å². The van der Waals surface area contributed by atoms with Crippen LogP contribution in [0, 0.1) is 0 Å². The molecule has 1 aliphatic heterocycles. The third-order valence-electron chi connectivity index (χ3n) is 4.12. The van der Waals surface area contributed by atoms with Crippen molar-refractivity contribution in [3.63, 3.8) is 0 Å². The van der Waals surface area contributed by atoms with Crippen molar-refractivity contribution in [1.82, 2.24) is 5.32 Å². The minimum absolute atomic E-state index is 0.134. The highest BCUT2D eigenvalue weighted by Crippen LogP contribution is 2.43. The molecule has 114 valence electrons. The van der Waals surface area contributed by atoms with Crippen molar-refractivity contribution in [2.75, 3.05) is 11.5 Å². The number of ether oxygens (including phenoxy) is 1. The molecule has 0 bridgehead atoms. The van der Waals surface area contributed by atoms with Crippen LogP contribution in [-0.4, -0.2) is 46.2 Å². The van der Waals surface area contributed by atoms with Crippen LogP contribution < -0.4 is 5.32 Å². The zero-order valence-electron chi connectivity index (χ0n) is 11.9. The van der Waals surface area contributed by atoms with Gasteiger partial charge in [-0.2, -0.15) is 11.8 Å². The Balaban J connectivity index is 1.70. The quantitative estimate of drug-likeness (QED) is 0.782. The summed E-state index contributed by atoms with van der Waals surface area (Å²) >= 11 is 1.55. The van der Waals surface area contributed by atoms with E-state index in [1.807, 2.05) is 0 Å². The van der Waals surface area contributed by atoms with Gasteiger partial charge in [0.15, 0.2) is 0 Å². The molecule has 2 rings (SSSR count). The van der Waals surface area contributed by atoms with E-state index in [4.69, 9.17) is 9.84 Å². The fourth-order valence-corrected chi connectivity index (χ4v) is 4.23. The lowest BCUT2D eigenvalue weighted by molar-refractivity contribution is -0.140. The van der Waals surface area contributed by atoms with E-state index in [9.17, 15) is 9.59 Å². The number of amides is 1. The summed E-state index contributed by atoms with van der Waals surface area (Å²) in [6.45, 7) is 1.34. The van der Waals surface area contributed by atoms with E-state index < -0.39 is 12.0 Å². The Morgan fingerprint density at radius 3 is 2.70 bits per heavy atom. The summed E-state index contributed by atoms with van der Waals surface area (Å²) in [7, 11) is 0. The molecule has 20 heavy (non-hydrogen) atoms. The maximum absolute atomic E-state index is 11.0. The fourth-order valence-electron chi connectivity index (χ4n) is 3.14. The molecule has 6 heteroatoms. The third-order valence-corrected chi connectivity index (χ3v) is 5.29. The largest absolute Gasteiger partial charge is 0.480 e. The van der Waals surface area contributed by atoms with Gasteiger partial charge in [0.2, 0.25) is 5.91 Å². The molecule has 2 aliphatic rings. The second kappa shape index (κ2) is 6.80. The maximum atomic E-state index is 11.0. The van der Waals surface area contributed by atoms with Crippen molar-refractivity contribution < 1.29 is 19.4 Å². The number of carbonyl (C=O) groups excluding carboxylic acids is 1. The molecular formula is C14H23NO4S. The number of carbonyl (C=O) groups is 2. The first-order valence-corrected chi connectivity index (χ1v) is 8.42. The number of nitrogens with one attached hydrogen (secondary N) is 1. The molecule has 1 amide bonds. The molecule has 1 saturated heterocycles. The standard InChI is InChI=1S/C14H23NO4S/c1-10(16)15-12(13(17)18)9-20-8-11-4-7-14(19-11)5-2-3-6-14/h11-12H,2-9H2,1H3,(H,15,16)(H,17,18)/t11?,12-/m0/s1. The van der Waals surface area contributed by atoms with Crippen LogP contribution in [0.5, 0.6) is 0 Å². The second-order valence-corrected chi connectivity index (χ2v) is 6.87. The van der Waals surface area contributed by atoms with Crippen LogP contribution in [0.1, 0.15) is 45.4 Å². The van der Waals surface area contributed by atoms with E-state index in [1.54, 1.807) is 11.8 Å². The highest BCUT2D eigenvalue weighted by atomic mass is 32.2. The van der Waals surface area contributed by atoms with E-state index in [1.165, 1.54) is 32.6 Å². The molecule has 2 N–H and O–H groups in total. The minimum atomic E-state index is -0.979. The van der Waals surface area contributed by atoms with Gasteiger partial charge in [-0.25, -0.2) is 4.79 Å². The van der Waals surface area contributed by atoms with E-state index >= 15 is 0 Å². The molecule has 2 atom stereocenters. The number of hydrogen-bond donors (Lipinski definition) is 2. The number of carboxylic acids is 1. The topological polar surface area (TPSA) is 75.6 Å². The smallest absolute Gasteiger partial charge is 0.327 e. The first-order valence-electron chi connectivity index (χ1n) is 7.26. The first kappa shape index (κ1) is 15.6. The number of rotatable bonds is 6. The lowest BCUT2D eigenvalue weighted by Crippen LogP contribution is -2.41. The first-order chi connectivity index (χ1) is 9.51. The normalized spacial score (nSPS) is 25.8. The Kier molecular flexibility index (Phi) is 5.32. The van der Waals surface area contributed by atoms with Crippen LogP contribution in [0.15, 0.2) is 0 Å². The zero-order valence-corrected chi connectivity index (χ0v) is 12.7. The van der Waals surface area contributed by atoms with Crippen molar-refractivity contribution in [2.24, 2.45) is 0 Å². The Bertz CT molecular complexity index is 368. The van der Waals surface area contributed by atoms with Crippen LogP contribution in [0.4, 0.5) is 0 Å². The van der Waals surface area contributed by atoms with Gasteiger partial charge < -0.3 is 15.2 Å². The van der Waals surface area contributed by atoms with Gasteiger partial charge >= 0.3 is 5.97 Å². The van der Waals surface area contributed by atoms with Crippen molar-refractivity contribution in [1.29, 1.82) is 0 Å². The van der Waals surface area contributed by atoms with Crippen LogP contribution in [0.2, 0.25) is 0 Å². The molecule has 1 spiro atoms. The average Bonchev–Trinajstić information content (AvgIpc) is 2.99. The fraction of sp³-hybridized carbons (Fsp3) is 0.857. The Labute approximate surface area is 123 Å². The predicted octanol–water partition coefficient (Wildman–Crippen LogP) is 1.80. The molecule has 1 unspecified atom stereocenters. The van der Waals surface area contributed by atoms with Gasteiger partial charge in [-0.15, -0.1) is 0 Å². The lowest BCUT2D eigenvalue weighted by atomic mass is 9.98. The highest BCUT2D eigenvalue weighted by molar-refractivity contribution is 7.99. The summed E-state index contributed by atoms with van der Waals surface area (Å²) < 4.78 is 6.18. The molecular weight excluding hydrogens is 278 g/mol. The van der Waals surface area contributed by atoms with Crippen LogP contribution in [0.25, 0.3) is 0 Å². The third kappa shape index (κ3) is 4.12. The predicted molar refractivity (Wildman–Crippen MR) is 77.9 cm³/mol. The van der Waals surface area contributed by atoms with Gasteiger partial charge in [-0.05, 0) is 25.7 Å². The average molecular weight is 301 g/mol. The summed E-state index contributed by atoms with van der Waals surface area (Å²) in [6, 6.07) is -0.806. The van der Waals surface area contributed by atoms with Gasteiger partial charge in [-0.1, -0.05) is 12.8 Å². The summed E-state index contributed by atoms with van der Waals surface area (Å²) in [5, 5.41) is 11.5. The van der Waals surface area contributed by atoms with E-state index in [2.05, 4.69) is 5.32 Å². The SMILES string of the molecule is CC(=O)N[C@@H](CSCC1CCC2(CCCC2)O1)C(=O)O. The summed E-state index contributed by atoms with van der Waals surface area (Å²) in [4.78, 5) is 21.9. The Morgan fingerprint density at radius 2 is 2.10 bits per heavy atom. The van der Waals surface area contributed by atoms with Crippen molar-refractivity contribution >= 4 is 23.6 Å². The highest BCUT2D eigenvalue weighted by Gasteiger charge is 2.41. The van der Waals surface area contributed by atoms with E-state index in [0.717, 1.165) is 18.6 Å². The molecule has 2 fully saturated rings. The monoisotopic (exact) mass is 301 g/mol. The Hall–Kier alpha value is -0.750. The van der Waals surface area contributed by atoms with Gasteiger partial charge in [0.25, 0.3) is 0 Å². The molecule has 0 aromatic heterocycles. The number of thioether (sulfide) groups is 1. The summed E-state index contributed by atoms with van der Waals surface area (Å²) in [5.41, 5.74) is 0.134. The van der Waals surface area contributed by atoms with E-state index in [0.29, 0.717) is 5.75 Å². The van der Waals surface area contributed by atoms with Crippen molar-refractivity contribution in [3.05, 3.63) is 0 Å². The van der Waals surface area contributed by atoms with Crippen LogP contribution >= 0.6 is 11.8 Å². The van der Waals surface area contributed by atoms with Gasteiger partial charge in [0, 0.05) is 18.4 Å². The summed E-state index contributed by atoms with van der Waals surface area (Å²) in [6.07, 6.45) is 7.35. The minimum Gasteiger partial charge on any atom is -0.480 e. The lowest BCUT2D eigenvalue weighted by Gasteiger charge is -2.23. The number of carboxylic acid groups (broad SMARTS) is 1. The molecule has 1 heterocycles. The summed E-state index contributed by atoms with van der Waals surface area (Å²) in [5.74, 6) is -0.0836. The molecule has 1 saturated carbocycles. The van der Waals surface area contributed by atoms with E-state index in [-0.39, 0.29) is 17.6 Å². The Morgan fingerprint density at radius 1 is 1.40 bits per heavy atom. The van der Waals surface area contributed by atoms with Crippen molar-refractivity contribution in [2.45, 2.75) is 63.2 Å². The number of hydrogen-bond acceptors (Lipinski definition) is 4. The second-order valence-electron chi connectivity index (χ2n) is 5.80. The zero-order chi connectivity index (χ0) is 14.6. The molecule has 1 aliphatic carbocycles. The molecule has 0 aromatic rings. The van der Waals surface area contributed by atoms with Gasteiger partial charge in [-0.3, -0.25) is 4.79 Å². The molecule has 0 aromatic carbocycles. The van der Waals surface area contributed by atoms with Crippen molar-refractivity contribution in [3.8, 4) is 0 Å². The number of aliphatic carboxylic acids is 1.